The van der Waals surface area contributed by atoms with Gasteiger partial charge in [0.1, 0.15) is 6.17 Å². The summed E-state index contributed by atoms with van der Waals surface area (Å²) < 4.78 is 0. The second kappa shape index (κ2) is 5.74. The molecule has 1 aliphatic rings. The zero-order valence-electron chi connectivity index (χ0n) is 12.3. The maximum absolute atomic E-state index is 12.5. The van der Waals surface area contributed by atoms with Crippen molar-refractivity contribution >= 4 is 5.91 Å². The molecule has 3 unspecified atom stereocenters. The van der Waals surface area contributed by atoms with Gasteiger partial charge in [-0.2, -0.15) is 0 Å². The first kappa shape index (κ1) is 14.1. The van der Waals surface area contributed by atoms with Crippen molar-refractivity contribution < 1.29 is 4.79 Å². The van der Waals surface area contributed by atoms with E-state index in [0.29, 0.717) is 5.92 Å². The standard InChI is InChI=1S/C16H24N2O/c1-5-12(4)14-16(19)18(6-2)15(17-14)13-9-7-8-11(3)10-13/h7-10,12,14-15,17H,5-6H2,1-4H3. The number of aryl methyl sites for hydroxylation is 1. The van der Waals surface area contributed by atoms with E-state index in [1.54, 1.807) is 0 Å². The molecule has 2 rings (SSSR count). The number of likely N-dealkylation sites (N-methyl/N-ethyl adjacent to an activating group) is 1. The maximum atomic E-state index is 12.5. The van der Waals surface area contributed by atoms with Gasteiger partial charge >= 0.3 is 0 Å². The van der Waals surface area contributed by atoms with Crippen LogP contribution >= 0.6 is 0 Å². The van der Waals surface area contributed by atoms with Crippen molar-refractivity contribution in [3.63, 3.8) is 0 Å². The van der Waals surface area contributed by atoms with Gasteiger partial charge in [-0.15, -0.1) is 0 Å². The lowest BCUT2D eigenvalue weighted by Gasteiger charge is -2.23. The number of nitrogens with zero attached hydrogens (tertiary/aromatic N) is 1. The number of benzene rings is 1. The largest absolute Gasteiger partial charge is 0.322 e. The molecule has 19 heavy (non-hydrogen) atoms. The molecule has 0 spiro atoms. The van der Waals surface area contributed by atoms with Gasteiger partial charge in [-0.05, 0) is 25.3 Å². The van der Waals surface area contributed by atoms with E-state index in [0.717, 1.165) is 13.0 Å². The Morgan fingerprint density at radius 3 is 2.68 bits per heavy atom. The molecular formula is C16H24N2O. The second-order valence-corrected chi connectivity index (χ2v) is 5.47. The van der Waals surface area contributed by atoms with E-state index < -0.39 is 0 Å². The molecule has 1 aromatic carbocycles. The molecule has 3 heteroatoms. The predicted octanol–water partition coefficient (Wildman–Crippen LogP) is 2.86. The van der Waals surface area contributed by atoms with Crippen LogP contribution in [0.25, 0.3) is 0 Å². The van der Waals surface area contributed by atoms with Gasteiger partial charge in [0.2, 0.25) is 5.91 Å². The summed E-state index contributed by atoms with van der Waals surface area (Å²) in [6, 6.07) is 8.35. The predicted molar refractivity (Wildman–Crippen MR) is 77.7 cm³/mol. The van der Waals surface area contributed by atoms with Gasteiger partial charge in [-0.1, -0.05) is 50.1 Å². The van der Waals surface area contributed by atoms with Crippen LogP contribution in [0.5, 0.6) is 0 Å². The Hall–Kier alpha value is -1.35. The first-order valence-corrected chi connectivity index (χ1v) is 7.21. The van der Waals surface area contributed by atoms with Crippen molar-refractivity contribution in [2.24, 2.45) is 5.92 Å². The fourth-order valence-corrected chi connectivity index (χ4v) is 2.74. The number of amides is 1. The molecule has 3 nitrogen and oxygen atoms in total. The minimum Gasteiger partial charge on any atom is -0.322 e. The number of rotatable bonds is 4. The number of carbonyl (C=O) groups is 1. The Bertz CT molecular complexity index is 458. The number of hydrogen-bond acceptors (Lipinski definition) is 2. The molecule has 1 amide bonds. The van der Waals surface area contributed by atoms with Crippen LogP contribution in [0.4, 0.5) is 0 Å². The molecule has 1 aromatic rings. The van der Waals surface area contributed by atoms with Crippen LogP contribution in [-0.2, 0) is 4.79 Å². The highest BCUT2D eigenvalue weighted by Gasteiger charge is 2.40. The summed E-state index contributed by atoms with van der Waals surface area (Å²) >= 11 is 0. The molecule has 0 bridgehead atoms. The lowest BCUT2D eigenvalue weighted by atomic mass is 9.99. The van der Waals surface area contributed by atoms with Gasteiger partial charge in [-0.3, -0.25) is 10.1 Å². The smallest absolute Gasteiger partial charge is 0.241 e. The quantitative estimate of drug-likeness (QED) is 0.903. The van der Waals surface area contributed by atoms with Crippen LogP contribution in [0.3, 0.4) is 0 Å². The van der Waals surface area contributed by atoms with E-state index in [9.17, 15) is 4.79 Å². The average molecular weight is 260 g/mol. The third-order valence-corrected chi connectivity index (χ3v) is 4.11. The summed E-state index contributed by atoms with van der Waals surface area (Å²) in [5.41, 5.74) is 2.41. The van der Waals surface area contributed by atoms with Gasteiger partial charge in [0, 0.05) is 6.54 Å². The van der Waals surface area contributed by atoms with E-state index in [1.165, 1.54) is 11.1 Å². The van der Waals surface area contributed by atoms with Crippen molar-refractivity contribution in [2.45, 2.75) is 46.3 Å². The first-order chi connectivity index (χ1) is 9.08. The van der Waals surface area contributed by atoms with Gasteiger partial charge in [0.05, 0.1) is 6.04 Å². The zero-order valence-corrected chi connectivity index (χ0v) is 12.3. The molecule has 0 radical (unpaired) electrons. The van der Waals surface area contributed by atoms with Crippen LogP contribution in [0, 0.1) is 12.8 Å². The average Bonchev–Trinajstić information content (AvgIpc) is 2.75. The van der Waals surface area contributed by atoms with Crippen LogP contribution < -0.4 is 5.32 Å². The topological polar surface area (TPSA) is 32.3 Å². The number of nitrogens with one attached hydrogen (secondary N) is 1. The summed E-state index contributed by atoms with van der Waals surface area (Å²) in [6.07, 6.45) is 1.04. The molecular weight excluding hydrogens is 236 g/mol. The lowest BCUT2D eigenvalue weighted by molar-refractivity contribution is -0.130. The second-order valence-electron chi connectivity index (χ2n) is 5.47. The molecule has 1 heterocycles. The summed E-state index contributed by atoms with van der Waals surface area (Å²) in [5, 5.41) is 3.51. The highest BCUT2D eigenvalue weighted by atomic mass is 16.2. The van der Waals surface area contributed by atoms with E-state index in [-0.39, 0.29) is 18.1 Å². The Balaban J connectivity index is 2.28. The molecule has 0 saturated carbocycles. The van der Waals surface area contributed by atoms with E-state index in [2.05, 4.69) is 50.4 Å². The van der Waals surface area contributed by atoms with Crippen LogP contribution in [0.15, 0.2) is 24.3 Å². The fourth-order valence-electron chi connectivity index (χ4n) is 2.74. The minimum atomic E-state index is -0.0459. The SMILES string of the molecule is CCC(C)C1NC(c2cccc(C)c2)N(CC)C1=O. The van der Waals surface area contributed by atoms with Crippen LogP contribution in [0.2, 0.25) is 0 Å². The van der Waals surface area contributed by atoms with Gasteiger partial charge < -0.3 is 4.90 Å². The molecule has 1 aliphatic heterocycles. The Kier molecular flexibility index (Phi) is 4.25. The van der Waals surface area contributed by atoms with Crippen LogP contribution in [0.1, 0.15) is 44.5 Å². The Morgan fingerprint density at radius 1 is 1.37 bits per heavy atom. The molecule has 104 valence electrons. The van der Waals surface area contributed by atoms with E-state index in [1.807, 2.05) is 11.8 Å². The Labute approximate surface area is 116 Å². The highest BCUT2D eigenvalue weighted by Crippen LogP contribution is 2.29. The van der Waals surface area contributed by atoms with Gasteiger partial charge in [0.15, 0.2) is 0 Å². The third kappa shape index (κ3) is 2.66. The van der Waals surface area contributed by atoms with Crippen molar-refractivity contribution in [2.75, 3.05) is 6.54 Å². The maximum Gasteiger partial charge on any atom is 0.241 e. The third-order valence-electron chi connectivity index (χ3n) is 4.11. The van der Waals surface area contributed by atoms with Crippen LogP contribution in [-0.4, -0.2) is 23.4 Å². The van der Waals surface area contributed by atoms with Crippen molar-refractivity contribution in [3.05, 3.63) is 35.4 Å². The van der Waals surface area contributed by atoms with E-state index in [4.69, 9.17) is 0 Å². The van der Waals surface area contributed by atoms with Gasteiger partial charge in [0.25, 0.3) is 0 Å². The molecule has 3 atom stereocenters. The zero-order chi connectivity index (χ0) is 14.0. The minimum absolute atomic E-state index is 0.0244. The summed E-state index contributed by atoms with van der Waals surface area (Å²) in [5.74, 6) is 0.611. The lowest BCUT2D eigenvalue weighted by Crippen LogP contribution is -2.35. The molecule has 0 aromatic heterocycles. The van der Waals surface area contributed by atoms with Crippen molar-refractivity contribution in [1.82, 2.24) is 10.2 Å². The molecule has 1 saturated heterocycles. The number of hydrogen-bond donors (Lipinski definition) is 1. The highest BCUT2D eigenvalue weighted by molar-refractivity contribution is 5.84. The molecule has 1 fully saturated rings. The summed E-state index contributed by atoms with van der Waals surface area (Å²) in [4.78, 5) is 14.4. The monoisotopic (exact) mass is 260 g/mol. The van der Waals surface area contributed by atoms with Gasteiger partial charge in [-0.25, -0.2) is 0 Å². The van der Waals surface area contributed by atoms with Crippen molar-refractivity contribution in [1.29, 1.82) is 0 Å². The summed E-state index contributed by atoms with van der Waals surface area (Å²) in [6.45, 7) is 9.15. The fraction of sp³-hybridized carbons (Fsp3) is 0.562. The van der Waals surface area contributed by atoms with E-state index >= 15 is 0 Å². The Morgan fingerprint density at radius 2 is 2.11 bits per heavy atom. The summed E-state index contributed by atoms with van der Waals surface area (Å²) in [7, 11) is 0. The first-order valence-electron chi connectivity index (χ1n) is 7.21. The molecule has 1 N–H and O–H groups in total. The number of carbonyl (C=O) groups excluding carboxylic acids is 1. The van der Waals surface area contributed by atoms with Crippen molar-refractivity contribution in [3.8, 4) is 0 Å². The molecule has 0 aliphatic carbocycles. The normalized spacial score (nSPS) is 24.8.